The van der Waals surface area contributed by atoms with Gasteiger partial charge >= 0.3 is 0 Å². The van der Waals surface area contributed by atoms with E-state index < -0.39 is 0 Å². The van der Waals surface area contributed by atoms with Crippen LogP contribution in [0, 0.1) is 5.92 Å². The third-order valence-electron chi connectivity index (χ3n) is 3.81. The van der Waals surface area contributed by atoms with Crippen LogP contribution in [-0.2, 0) is 16.0 Å². The summed E-state index contributed by atoms with van der Waals surface area (Å²) in [6.45, 7) is 1.16. The summed E-state index contributed by atoms with van der Waals surface area (Å²) in [5.74, 6) is -0.140. The molecule has 0 saturated heterocycles. The first-order valence-electron chi connectivity index (χ1n) is 7.15. The van der Waals surface area contributed by atoms with Crippen LogP contribution in [0.1, 0.15) is 24.8 Å². The molecule has 106 valence electrons. The summed E-state index contributed by atoms with van der Waals surface area (Å²) in [6.07, 6.45) is 3.98. The minimum atomic E-state index is -0.171. The van der Waals surface area contributed by atoms with Crippen LogP contribution in [0.3, 0.4) is 0 Å². The number of benzene rings is 1. The number of anilines is 1. The SMILES string of the molecule is O=C(CN1CCCc2ccccc21)NNC(=O)C1CC1. The Labute approximate surface area is 118 Å². The summed E-state index contributed by atoms with van der Waals surface area (Å²) < 4.78 is 0. The highest BCUT2D eigenvalue weighted by Gasteiger charge is 2.29. The number of hydrazine groups is 1. The quantitative estimate of drug-likeness (QED) is 0.808. The summed E-state index contributed by atoms with van der Waals surface area (Å²) in [5.41, 5.74) is 7.41. The molecule has 1 aliphatic heterocycles. The van der Waals surface area contributed by atoms with Gasteiger partial charge < -0.3 is 4.90 Å². The number of carbonyl (C=O) groups is 2. The lowest BCUT2D eigenvalue weighted by atomic mass is 10.0. The summed E-state index contributed by atoms with van der Waals surface area (Å²) in [5, 5.41) is 0. The van der Waals surface area contributed by atoms with E-state index in [1.165, 1.54) is 5.56 Å². The molecule has 1 saturated carbocycles. The van der Waals surface area contributed by atoms with Crippen molar-refractivity contribution < 1.29 is 9.59 Å². The number of hydrogen-bond donors (Lipinski definition) is 2. The minimum Gasteiger partial charge on any atom is -0.362 e. The molecule has 1 aromatic carbocycles. The first kappa shape index (κ1) is 13.0. The van der Waals surface area contributed by atoms with Crippen molar-refractivity contribution in [2.75, 3.05) is 18.0 Å². The number of nitrogens with one attached hydrogen (secondary N) is 2. The number of hydrogen-bond acceptors (Lipinski definition) is 3. The van der Waals surface area contributed by atoms with Gasteiger partial charge in [0, 0.05) is 18.2 Å². The summed E-state index contributed by atoms with van der Waals surface area (Å²) in [6, 6.07) is 8.17. The van der Waals surface area contributed by atoms with E-state index in [1.807, 2.05) is 18.2 Å². The average molecular weight is 273 g/mol. The fraction of sp³-hybridized carbons (Fsp3) is 0.467. The monoisotopic (exact) mass is 273 g/mol. The molecule has 5 heteroatoms. The van der Waals surface area contributed by atoms with Gasteiger partial charge in [0.25, 0.3) is 5.91 Å². The molecule has 3 rings (SSSR count). The first-order chi connectivity index (χ1) is 9.74. The molecule has 0 radical (unpaired) electrons. The predicted molar refractivity (Wildman–Crippen MR) is 76.0 cm³/mol. The van der Waals surface area contributed by atoms with Gasteiger partial charge in [-0.1, -0.05) is 18.2 Å². The number of rotatable bonds is 3. The third-order valence-corrected chi connectivity index (χ3v) is 3.81. The van der Waals surface area contributed by atoms with Crippen molar-refractivity contribution in [3.05, 3.63) is 29.8 Å². The summed E-state index contributed by atoms with van der Waals surface area (Å²) in [7, 11) is 0. The van der Waals surface area contributed by atoms with Crippen molar-refractivity contribution in [3.63, 3.8) is 0 Å². The van der Waals surface area contributed by atoms with Crippen LogP contribution in [0.5, 0.6) is 0 Å². The topological polar surface area (TPSA) is 61.4 Å². The van der Waals surface area contributed by atoms with E-state index >= 15 is 0 Å². The molecule has 1 fully saturated rings. The molecular weight excluding hydrogens is 254 g/mol. The van der Waals surface area contributed by atoms with Crippen molar-refractivity contribution in [1.82, 2.24) is 10.9 Å². The lowest BCUT2D eigenvalue weighted by Crippen LogP contribution is -2.47. The molecule has 0 spiro atoms. The van der Waals surface area contributed by atoms with Crippen LogP contribution < -0.4 is 15.8 Å². The number of amides is 2. The van der Waals surface area contributed by atoms with E-state index in [4.69, 9.17) is 0 Å². The molecule has 1 aliphatic carbocycles. The van der Waals surface area contributed by atoms with Crippen LogP contribution in [0.25, 0.3) is 0 Å². The summed E-state index contributed by atoms with van der Waals surface area (Å²) >= 11 is 0. The maximum Gasteiger partial charge on any atom is 0.257 e. The first-order valence-corrected chi connectivity index (χ1v) is 7.15. The third kappa shape index (κ3) is 2.92. The van der Waals surface area contributed by atoms with Gasteiger partial charge in [0.2, 0.25) is 5.91 Å². The average Bonchev–Trinajstić information content (AvgIpc) is 3.30. The molecule has 0 atom stereocenters. The minimum absolute atomic E-state index is 0.0719. The zero-order valence-electron chi connectivity index (χ0n) is 11.4. The number of fused-ring (bicyclic) bond motifs is 1. The van der Waals surface area contributed by atoms with E-state index in [-0.39, 0.29) is 24.3 Å². The van der Waals surface area contributed by atoms with Gasteiger partial charge in [-0.2, -0.15) is 0 Å². The van der Waals surface area contributed by atoms with Gasteiger partial charge in [-0.25, -0.2) is 0 Å². The molecule has 2 N–H and O–H groups in total. The van der Waals surface area contributed by atoms with Crippen LogP contribution in [-0.4, -0.2) is 24.9 Å². The molecule has 2 amide bonds. The smallest absolute Gasteiger partial charge is 0.257 e. The Morgan fingerprint density at radius 1 is 1.20 bits per heavy atom. The van der Waals surface area contributed by atoms with Crippen molar-refractivity contribution in [1.29, 1.82) is 0 Å². The maximum atomic E-state index is 11.9. The Balaban J connectivity index is 1.55. The Hall–Kier alpha value is -2.04. The highest BCUT2D eigenvalue weighted by Crippen LogP contribution is 2.28. The fourth-order valence-corrected chi connectivity index (χ4v) is 2.57. The van der Waals surface area contributed by atoms with Crippen LogP contribution >= 0.6 is 0 Å². The van der Waals surface area contributed by atoms with Crippen LogP contribution in [0.15, 0.2) is 24.3 Å². The normalized spacial score (nSPS) is 17.3. The van der Waals surface area contributed by atoms with Crippen molar-refractivity contribution in [3.8, 4) is 0 Å². The lowest BCUT2D eigenvalue weighted by Gasteiger charge is -2.30. The van der Waals surface area contributed by atoms with Crippen molar-refractivity contribution in [2.24, 2.45) is 5.92 Å². The van der Waals surface area contributed by atoms with Gasteiger partial charge in [-0.15, -0.1) is 0 Å². The zero-order valence-corrected chi connectivity index (χ0v) is 11.4. The Morgan fingerprint density at radius 2 is 2.00 bits per heavy atom. The van der Waals surface area contributed by atoms with Gasteiger partial charge in [-0.05, 0) is 37.3 Å². The lowest BCUT2D eigenvalue weighted by molar-refractivity contribution is -0.128. The van der Waals surface area contributed by atoms with Crippen molar-refractivity contribution in [2.45, 2.75) is 25.7 Å². The Bertz CT molecular complexity index is 526. The zero-order chi connectivity index (χ0) is 13.9. The van der Waals surface area contributed by atoms with Gasteiger partial charge in [0.1, 0.15) is 0 Å². The molecule has 0 aromatic heterocycles. The second-order valence-corrected chi connectivity index (χ2v) is 5.47. The number of para-hydroxylation sites is 1. The highest BCUT2D eigenvalue weighted by atomic mass is 16.2. The molecule has 0 unspecified atom stereocenters. The standard InChI is InChI=1S/C15H19N3O2/c19-14(16-17-15(20)12-7-8-12)10-18-9-3-5-11-4-1-2-6-13(11)18/h1-2,4,6,12H,3,5,7-10H2,(H,16,19)(H,17,20). The second-order valence-electron chi connectivity index (χ2n) is 5.47. The molecule has 1 aromatic rings. The van der Waals surface area contributed by atoms with E-state index in [0.29, 0.717) is 0 Å². The largest absolute Gasteiger partial charge is 0.362 e. The number of carbonyl (C=O) groups excluding carboxylic acids is 2. The molecule has 20 heavy (non-hydrogen) atoms. The summed E-state index contributed by atoms with van der Waals surface area (Å²) in [4.78, 5) is 25.4. The number of aryl methyl sites for hydroxylation is 1. The fourth-order valence-electron chi connectivity index (χ4n) is 2.57. The molecule has 0 bridgehead atoms. The van der Waals surface area contributed by atoms with Gasteiger partial charge in [-0.3, -0.25) is 20.4 Å². The molecule has 5 nitrogen and oxygen atoms in total. The van der Waals surface area contributed by atoms with Crippen LogP contribution in [0.4, 0.5) is 5.69 Å². The highest BCUT2D eigenvalue weighted by molar-refractivity contribution is 5.86. The second kappa shape index (κ2) is 5.53. The molecular formula is C15H19N3O2. The molecule has 1 heterocycles. The Morgan fingerprint density at radius 3 is 2.80 bits per heavy atom. The van der Waals surface area contributed by atoms with E-state index in [0.717, 1.165) is 37.9 Å². The molecule has 2 aliphatic rings. The van der Waals surface area contributed by atoms with E-state index in [9.17, 15) is 9.59 Å². The van der Waals surface area contributed by atoms with Crippen LogP contribution in [0.2, 0.25) is 0 Å². The Kier molecular flexibility index (Phi) is 3.58. The predicted octanol–water partition coefficient (Wildman–Crippen LogP) is 0.997. The number of nitrogens with zero attached hydrogens (tertiary/aromatic N) is 1. The van der Waals surface area contributed by atoms with E-state index in [2.05, 4.69) is 21.8 Å². The van der Waals surface area contributed by atoms with Crippen molar-refractivity contribution >= 4 is 17.5 Å². The van der Waals surface area contributed by atoms with Gasteiger partial charge in [0.05, 0.1) is 6.54 Å². The van der Waals surface area contributed by atoms with E-state index in [1.54, 1.807) is 0 Å². The maximum absolute atomic E-state index is 11.9. The van der Waals surface area contributed by atoms with Gasteiger partial charge in [0.15, 0.2) is 0 Å².